The number of aromatic nitrogens is 2. The van der Waals surface area contributed by atoms with Gasteiger partial charge in [-0.25, -0.2) is 23.5 Å². The molecule has 1 fully saturated rings. The first-order valence-corrected chi connectivity index (χ1v) is 11.9. The Morgan fingerprint density at radius 2 is 1.88 bits per heavy atom. The maximum atomic E-state index is 12.4. The van der Waals surface area contributed by atoms with Gasteiger partial charge in [-0.2, -0.15) is 0 Å². The Hall–Kier alpha value is -3.01. The Morgan fingerprint density at radius 1 is 1.16 bits per heavy atom. The summed E-state index contributed by atoms with van der Waals surface area (Å²) in [4.78, 5) is 20.6. The van der Waals surface area contributed by atoms with Gasteiger partial charge in [-0.15, -0.1) is 0 Å². The maximum Gasteiger partial charge on any atom is 0.316 e. The molecule has 0 bridgehead atoms. The summed E-state index contributed by atoms with van der Waals surface area (Å²) in [6.07, 6.45) is 6.23. The van der Waals surface area contributed by atoms with Crippen molar-refractivity contribution in [3.05, 3.63) is 65.4 Å². The fraction of sp³-hybridized carbons (Fsp3) is 0.227. The third kappa shape index (κ3) is 5.24. The Bertz CT molecular complexity index is 1250. The zero-order valence-electron chi connectivity index (χ0n) is 17.0. The average molecular weight is 473 g/mol. The van der Waals surface area contributed by atoms with Crippen LogP contribution in [0.2, 0.25) is 5.02 Å². The van der Waals surface area contributed by atoms with Gasteiger partial charge >= 0.3 is 6.01 Å². The van der Waals surface area contributed by atoms with Gasteiger partial charge in [0.1, 0.15) is 6.10 Å². The molecular formula is C22H21ClN4O4S. The van der Waals surface area contributed by atoms with Crippen LogP contribution in [0.3, 0.4) is 0 Å². The Kier molecular flexibility index (Phi) is 6.40. The second-order valence-electron chi connectivity index (χ2n) is 7.50. The highest BCUT2D eigenvalue weighted by Crippen LogP contribution is 2.30. The first-order chi connectivity index (χ1) is 15.3. The number of carbonyl (C=O) groups is 1. The van der Waals surface area contributed by atoms with Crippen LogP contribution < -0.4 is 15.2 Å². The second kappa shape index (κ2) is 9.23. The van der Waals surface area contributed by atoms with Gasteiger partial charge in [0.15, 0.2) is 0 Å². The van der Waals surface area contributed by atoms with Crippen LogP contribution in [0.15, 0.2) is 59.8 Å². The van der Waals surface area contributed by atoms with E-state index < -0.39 is 10.0 Å². The predicted molar refractivity (Wildman–Crippen MR) is 121 cm³/mol. The van der Waals surface area contributed by atoms with Crippen LogP contribution in [0, 0.1) is 0 Å². The zero-order valence-corrected chi connectivity index (χ0v) is 18.6. The fourth-order valence-electron chi connectivity index (χ4n) is 3.25. The largest absolute Gasteiger partial charge is 0.460 e. The van der Waals surface area contributed by atoms with Crippen LogP contribution in [-0.2, 0) is 21.2 Å². The fourth-order valence-corrected chi connectivity index (χ4v) is 4.23. The number of anilines is 1. The highest BCUT2D eigenvalue weighted by molar-refractivity contribution is 7.89. The van der Waals surface area contributed by atoms with E-state index in [0.717, 1.165) is 19.3 Å². The van der Waals surface area contributed by atoms with Crippen molar-refractivity contribution in [2.24, 2.45) is 5.14 Å². The summed E-state index contributed by atoms with van der Waals surface area (Å²) in [7, 11) is -4.09. The first-order valence-electron chi connectivity index (χ1n) is 9.99. The summed E-state index contributed by atoms with van der Waals surface area (Å²) < 4.78 is 30.1. The van der Waals surface area contributed by atoms with E-state index >= 15 is 0 Å². The minimum atomic E-state index is -4.09. The van der Waals surface area contributed by atoms with Gasteiger partial charge in [-0.05, 0) is 43.0 Å². The number of hydrogen-bond acceptors (Lipinski definition) is 6. The lowest BCUT2D eigenvalue weighted by molar-refractivity contribution is -0.115. The number of hydrogen-bond donors (Lipinski definition) is 2. The molecule has 1 aromatic heterocycles. The minimum absolute atomic E-state index is 0.0441. The molecule has 1 heterocycles. The van der Waals surface area contributed by atoms with Gasteiger partial charge in [0.25, 0.3) is 0 Å². The van der Waals surface area contributed by atoms with E-state index in [-0.39, 0.29) is 29.3 Å². The third-order valence-electron chi connectivity index (χ3n) is 5.14. The van der Waals surface area contributed by atoms with E-state index in [1.54, 1.807) is 36.4 Å². The summed E-state index contributed by atoms with van der Waals surface area (Å²) in [6, 6.07) is 11.7. The summed E-state index contributed by atoms with van der Waals surface area (Å²) in [5, 5.41) is 8.60. The molecule has 3 N–H and O–H groups in total. The number of primary sulfonamides is 1. The molecule has 2 aromatic carbocycles. The van der Waals surface area contributed by atoms with Gasteiger partial charge in [0.05, 0.1) is 11.3 Å². The van der Waals surface area contributed by atoms with Gasteiger partial charge in [-0.3, -0.25) is 4.79 Å². The number of sulfonamides is 1. The molecule has 0 radical (unpaired) electrons. The lowest BCUT2D eigenvalue weighted by Crippen LogP contribution is -2.25. The summed E-state index contributed by atoms with van der Waals surface area (Å²) in [5.74, 6) is -0.341. The van der Waals surface area contributed by atoms with Crippen molar-refractivity contribution in [1.29, 1.82) is 0 Å². The molecule has 1 aliphatic carbocycles. The molecule has 4 rings (SSSR count). The van der Waals surface area contributed by atoms with Crippen LogP contribution in [0.25, 0.3) is 11.1 Å². The Balaban J connectivity index is 1.55. The highest BCUT2D eigenvalue weighted by Gasteiger charge is 2.21. The average Bonchev–Trinajstić information content (AvgIpc) is 2.72. The van der Waals surface area contributed by atoms with Gasteiger partial charge < -0.3 is 10.1 Å². The molecule has 0 unspecified atom stereocenters. The van der Waals surface area contributed by atoms with Crippen LogP contribution in [0.5, 0.6) is 6.01 Å². The Labute approximate surface area is 190 Å². The number of rotatable bonds is 7. The predicted octanol–water partition coefficient (Wildman–Crippen LogP) is 3.56. The number of nitrogens with zero attached hydrogens (tertiary/aromatic N) is 2. The molecule has 0 spiro atoms. The second-order valence-corrected chi connectivity index (χ2v) is 9.43. The molecule has 1 saturated carbocycles. The number of nitrogens with two attached hydrogens (primary N) is 1. The van der Waals surface area contributed by atoms with Crippen molar-refractivity contribution in [2.45, 2.75) is 36.7 Å². The summed E-state index contributed by atoms with van der Waals surface area (Å²) in [5.41, 5.74) is 1.74. The molecule has 8 nitrogen and oxygen atoms in total. The molecular weight excluding hydrogens is 452 g/mol. The molecule has 0 aliphatic heterocycles. The summed E-state index contributed by atoms with van der Waals surface area (Å²) in [6.45, 7) is 0. The Morgan fingerprint density at radius 3 is 2.50 bits per heavy atom. The number of nitrogens with one attached hydrogen (secondary N) is 1. The molecule has 32 heavy (non-hydrogen) atoms. The molecule has 1 amide bonds. The molecule has 10 heteroatoms. The van der Waals surface area contributed by atoms with E-state index in [4.69, 9.17) is 21.5 Å². The van der Waals surface area contributed by atoms with Crippen LogP contribution in [0.4, 0.5) is 5.69 Å². The zero-order chi connectivity index (χ0) is 22.7. The van der Waals surface area contributed by atoms with Crippen molar-refractivity contribution >= 4 is 33.2 Å². The third-order valence-corrected chi connectivity index (χ3v) is 6.46. The maximum absolute atomic E-state index is 12.4. The van der Waals surface area contributed by atoms with E-state index in [1.807, 2.05) is 0 Å². The quantitative estimate of drug-likeness (QED) is 0.541. The number of carbonyl (C=O) groups excluding carboxylic acids is 1. The van der Waals surface area contributed by atoms with E-state index in [2.05, 4.69) is 15.3 Å². The number of benzene rings is 2. The van der Waals surface area contributed by atoms with Crippen molar-refractivity contribution in [1.82, 2.24) is 9.97 Å². The van der Waals surface area contributed by atoms with Crippen LogP contribution >= 0.6 is 11.6 Å². The SMILES string of the molecule is NS(=O)(=O)c1cc(NC(=O)Cc2ccccc2Cl)ccc1-c1cnc(OC2CCC2)nc1. The minimum Gasteiger partial charge on any atom is -0.460 e. The van der Waals surface area contributed by atoms with Crippen molar-refractivity contribution in [3.63, 3.8) is 0 Å². The molecule has 0 atom stereocenters. The van der Waals surface area contributed by atoms with E-state index in [9.17, 15) is 13.2 Å². The first kappa shape index (κ1) is 22.2. The van der Waals surface area contributed by atoms with Gasteiger partial charge in [0, 0.05) is 34.2 Å². The standard InChI is InChI=1S/C22H21ClN4O4S/c23-19-7-2-1-4-14(19)10-21(28)27-16-8-9-18(20(11-16)32(24,29)30)15-12-25-22(26-13-15)31-17-5-3-6-17/h1-2,4,7-9,11-13,17H,3,5-6,10H2,(H,27,28)(H2,24,29,30). The van der Waals surface area contributed by atoms with Crippen molar-refractivity contribution in [2.75, 3.05) is 5.32 Å². The van der Waals surface area contributed by atoms with Gasteiger partial charge in [0.2, 0.25) is 15.9 Å². The van der Waals surface area contributed by atoms with E-state index in [1.165, 1.54) is 18.5 Å². The topological polar surface area (TPSA) is 124 Å². The van der Waals surface area contributed by atoms with Crippen LogP contribution in [-0.4, -0.2) is 30.4 Å². The van der Waals surface area contributed by atoms with Crippen molar-refractivity contribution < 1.29 is 17.9 Å². The monoisotopic (exact) mass is 472 g/mol. The van der Waals surface area contributed by atoms with E-state index in [0.29, 0.717) is 27.4 Å². The summed E-state index contributed by atoms with van der Waals surface area (Å²) >= 11 is 6.10. The smallest absolute Gasteiger partial charge is 0.316 e. The molecule has 1 aliphatic rings. The lowest BCUT2D eigenvalue weighted by atomic mass is 9.96. The van der Waals surface area contributed by atoms with Crippen molar-refractivity contribution in [3.8, 4) is 17.1 Å². The lowest BCUT2D eigenvalue weighted by Gasteiger charge is -2.24. The normalized spacial score (nSPS) is 13.9. The number of ether oxygens (including phenoxy) is 1. The number of halogens is 1. The molecule has 166 valence electrons. The molecule has 0 saturated heterocycles. The molecule has 3 aromatic rings. The van der Waals surface area contributed by atoms with Crippen LogP contribution in [0.1, 0.15) is 24.8 Å². The number of amides is 1. The van der Waals surface area contributed by atoms with Gasteiger partial charge in [-0.1, -0.05) is 35.9 Å². The highest BCUT2D eigenvalue weighted by atomic mass is 35.5.